The van der Waals surface area contributed by atoms with E-state index < -0.39 is 10.0 Å². The number of carbonyl (C=O) groups excluding carboxylic acids is 1. The van der Waals surface area contributed by atoms with Crippen LogP contribution in [0.4, 0.5) is 0 Å². The van der Waals surface area contributed by atoms with E-state index in [-0.39, 0.29) is 17.6 Å². The Morgan fingerprint density at radius 1 is 1.33 bits per heavy atom. The molecule has 1 aliphatic rings. The normalized spacial score (nSPS) is 19.1. The van der Waals surface area contributed by atoms with Gasteiger partial charge in [0.1, 0.15) is 0 Å². The zero-order valence-corrected chi connectivity index (χ0v) is 12.2. The van der Waals surface area contributed by atoms with Gasteiger partial charge in [0, 0.05) is 13.1 Å². The van der Waals surface area contributed by atoms with Crippen molar-refractivity contribution >= 4 is 16.0 Å². The van der Waals surface area contributed by atoms with E-state index in [9.17, 15) is 13.2 Å². The molecule has 106 valence electrons. The third-order valence-electron chi connectivity index (χ3n) is 3.33. The molecule has 1 heterocycles. The number of methoxy groups -OCH3 is 1. The minimum atomic E-state index is -3.15. The van der Waals surface area contributed by atoms with Crippen LogP contribution in [0.25, 0.3) is 0 Å². The summed E-state index contributed by atoms with van der Waals surface area (Å²) in [6.07, 6.45) is 1.81. The van der Waals surface area contributed by atoms with Crippen molar-refractivity contribution in [3.05, 3.63) is 0 Å². The first-order valence-electron chi connectivity index (χ1n) is 6.42. The summed E-state index contributed by atoms with van der Waals surface area (Å²) in [5.74, 6) is 0.209. The highest BCUT2D eigenvalue weighted by molar-refractivity contribution is 7.89. The van der Waals surface area contributed by atoms with E-state index in [0.717, 1.165) is 0 Å². The average molecular weight is 277 g/mol. The van der Waals surface area contributed by atoms with Gasteiger partial charge in [0.15, 0.2) is 0 Å². The minimum absolute atomic E-state index is 0.147. The van der Waals surface area contributed by atoms with Crippen LogP contribution in [0, 0.1) is 11.8 Å². The SMILES string of the molecule is COC(=O)C1CCN(S(=O)(=O)CCC(C)C)CC1. The van der Waals surface area contributed by atoms with Crippen molar-refractivity contribution in [3.63, 3.8) is 0 Å². The predicted octanol–water partition coefficient (Wildman–Crippen LogP) is 1.25. The second-order valence-corrected chi connectivity index (χ2v) is 7.28. The van der Waals surface area contributed by atoms with E-state index >= 15 is 0 Å². The van der Waals surface area contributed by atoms with Gasteiger partial charge in [-0.2, -0.15) is 0 Å². The summed E-state index contributed by atoms with van der Waals surface area (Å²) >= 11 is 0. The summed E-state index contributed by atoms with van der Waals surface area (Å²) in [5.41, 5.74) is 0. The van der Waals surface area contributed by atoms with Crippen LogP contribution in [0.2, 0.25) is 0 Å². The summed E-state index contributed by atoms with van der Waals surface area (Å²) in [6, 6.07) is 0. The summed E-state index contributed by atoms with van der Waals surface area (Å²) in [5, 5.41) is 0. The Balaban J connectivity index is 2.49. The summed E-state index contributed by atoms with van der Waals surface area (Å²) in [4.78, 5) is 11.3. The van der Waals surface area contributed by atoms with Crippen LogP contribution >= 0.6 is 0 Å². The molecule has 1 aliphatic heterocycles. The van der Waals surface area contributed by atoms with Gasteiger partial charge in [0.2, 0.25) is 10.0 Å². The molecule has 0 radical (unpaired) electrons. The lowest BCUT2D eigenvalue weighted by molar-refractivity contribution is -0.146. The fraction of sp³-hybridized carbons (Fsp3) is 0.917. The van der Waals surface area contributed by atoms with Gasteiger partial charge < -0.3 is 4.74 Å². The minimum Gasteiger partial charge on any atom is -0.469 e. The van der Waals surface area contributed by atoms with Crippen LogP contribution in [0.3, 0.4) is 0 Å². The van der Waals surface area contributed by atoms with Crippen molar-refractivity contribution in [2.75, 3.05) is 26.0 Å². The van der Waals surface area contributed by atoms with E-state index in [2.05, 4.69) is 4.74 Å². The van der Waals surface area contributed by atoms with E-state index in [1.54, 1.807) is 0 Å². The molecule has 0 aromatic rings. The lowest BCUT2D eigenvalue weighted by Crippen LogP contribution is -2.41. The number of hydrogen-bond donors (Lipinski definition) is 0. The quantitative estimate of drug-likeness (QED) is 0.709. The number of ether oxygens (including phenoxy) is 1. The number of nitrogens with zero attached hydrogens (tertiary/aromatic N) is 1. The fourth-order valence-electron chi connectivity index (χ4n) is 2.05. The maximum Gasteiger partial charge on any atom is 0.308 e. The Morgan fingerprint density at radius 3 is 2.33 bits per heavy atom. The fourth-order valence-corrected chi connectivity index (χ4v) is 3.84. The molecule has 1 fully saturated rings. The van der Waals surface area contributed by atoms with Crippen molar-refractivity contribution in [3.8, 4) is 0 Å². The molecule has 0 atom stereocenters. The predicted molar refractivity (Wildman–Crippen MR) is 69.6 cm³/mol. The zero-order valence-electron chi connectivity index (χ0n) is 11.4. The van der Waals surface area contributed by atoms with E-state index in [1.807, 2.05) is 13.8 Å². The van der Waals surface area contributed by atoms with Crippen LogP contribution < -0.4 is 0 Å². The van der Waals surface area contributed by atoms with Gasteiger partial charge >= 0.3 is 5.97 Å². The number of rotatable bonds is 5. The van der Waals surface area contributed by atoms with Gasteiger partial charge in [-0.05, 0) is 25.2 Å². The molecule has 0 aromatic carbocycles. The number of esters is 1. The third kappa shape index (κ3) is 4.24. The monoisotopic (exact) mass is 277 g/mol. The standard InChI is InChI=1S/C12H23NO4S/c1-10(2)6-9-18(15,16)13-7-4-11(5-8-13)12(14)17-3/h10-11H,4-9H2,1-3H3. The first-order valence-corrected chi connectivity index (χ1v) is 8.03. The highest BCUT2D eigenvalue weighted by Crippen LogP contribution is 2.21. The smallest absolute Gasteiger partial charge is 0.308 e. The van der Waals surface area contributed by atoms with E-state index in [4.69, 9.17) is 0 Å². The van der Waals surface area contributed by atoms with Crippen LogP contribution in [-0.2, 0) is 19.6 Å². The molecule has 1 saturated heterocycles. The second kappa shape index (κ2) is 6.52. The molecule has 0 spiro atoms. The van der Waals surface area contributed by atoms with Crippen LogP contribution in [0.1, 0.15) is 33.1 Å². The van der Waals surface area contributed by atoms with Gasteiger partial charge in [-0.25, -0.2) is 12.7 Å². The highest BCUT2D eigenvalue weighted by Gasteiger charge is 2.31. The van der Waals surface area contributed by atoms with Crippen LogP contribution in [0.15, 0.2) is 0 Å². The van der Waals surface area contributed by atoms with E-state index in [0.29, 0.717) is 38.3 Å². The Labute approximate surface area is 110 Å². The van der Waals surface area contributed by atoms with Gasteiger partial charge in [-0.1, -0.05) is 13.8 Å². The first kappa shape index (κ1) is 15.4. The molecule has 0 aromatic heterocycles. The Hall–Kier alpha value is -0.620. The molecule has 6 heteroatoms. The van der Waals surface area contributed by atoms with Crippen molar-refractivity contribution in [2.24, 2.45) is 11.8 Å². The number of sulfonamides is 1. The number of carbonyl (C=O) groups is 1. The maximum atomic E-state index is 12.0. The molecule has 0 amide bonds. The number of hydrogen-bond acceptors (Lipinski definition) is 4. The molecule has 18 heavy (non-hydrogen) atoms. The summed E-state index contributed by atoms with van der Waals surface area (Å²) in [6.45, 7) is 4.89. The molecule has 5 nitrogen and oxygen atoms in total. The number of piperidine rings is 1. The van der Waals surface area contributed by atoms with Crippen molar-refractivity contribution in [1.82, 2.24) is 4.31 Å². The molecule has 0 N–H and O–H groups in total. The third-order valence-corrected chi connectivity index (χ3v) is 5.24. The molecule has 0 bridgehead atoms. The zero-order chi connectivity index (χ0) is 13.8. The lowest BCUT2D eigenvalue weighted by Gasteiger charge is -2.30. The largest absolute Gasteiger partial charge is 0.469 e. The summed E-state index contributed by atoms with van der Waals surface area (Å²) < 4.78 is 30.3. The highest BCUT2D eigenvalue weighted by atomic mass is 32.2. The molecule has 1 rings (SSSR count). The van der Waals surface area contributed by atoms with Crippen molar-refractivity contribution in [2.45, 2.75) is 33.1 Å². The van der Waals surface area contributed by atoms with Crippen molar-refractivity contribution < 1.29 is 17.9 Å². The van der Waals surface area contributed by atoms with Gasteiger partial charge in [-0.3, -0.25) is 4.79 Å². The maximum absolute atomic E-state index is 12.0. The first-order chi connectivity index (χ1) is 8.36. The molecular weight excluding hydrogens is 254 g/mol. The Kier molecular flexibility index (Phi) is 5.59. The van der Waals surface area contributed by atoms with Gasteiger partial charge in [-0.15, -0.1) is 0 Å². The van der Waals surface area contributed by atoms with E-state index in [1.165, 1.54) is 11.4 Å². The summed E-state index contributed by atoms with van der Waals surface area (Å²) in [7, 11) is -1.78. The molecule has 0 saturated carbocycles. The molecular formula is C12H23NO4S. The van der Waals surface area contributed by atoms with Gasteiger partial charge in [0.25, 0.3) is 0 Å². The topological polar surface area (TPSA) is 63.7 Å². The molecule has 0 aliphatic carbocycles. The average Bonchev–Trinajstić information content (AvgIpc) is 2.36. The van der Waals surface area contributed by atoms with Crippen LogP contribution in [-0.4, -0.2) is 44.6 Å². The Bertz CT molecular complexity index is 370. The second-order valence-electron chi connectivity index (χ2n) is 5.20. The Morgan fingerprint density at radius 2 is 1.89 bits per heavy atom. The van der Waals surface area contributed by atoms with Crippen LogP contribution in [0.5, 0.6) is 0 Å². The lowest BCUT2D eigenvalue weighted by atomic mass is 9.99. The van der Waals surface area contributed by atoms with Gasteiger partial charge in [0.05, 0.1) is 18.8 Å². The molecule has 0 unspecified atom stereocenters. The van der Waals surface area contributed by atoms with Crippen molar-refractivity contribution in [1.29, 1.82) is 0 Å².